The van der Waals surface area contributed by atoms with Gasteiger partial charge in [0, 0.05) is 25.5 Å². The number of aliphatic hydroxyl groups is 5. The third kappa shape index (κ3) is 9.65. The normalized spacial score (nSPS) is 51.2. The van der Waals surface area contributed by atoms with Crippen molar-refractivity contribution in [1.29, 1.82) is 0 Å². The molecule has 0 unspecified atom stereocenters. The lowest BCUT2D eigenvalue weighted by Gasteiger charge is -2.49. The van der Waals surface area contributed by atoms with E-state index >= 15 is 0 Å². The van der Waals surface area contributed by atoms with Gasteiger partial charge >= 0.3 is 5.97 Å². The van der Waals surface area contributed by atoms with E-state index in [-0.39, 0.29) is 43.2 Å². The first-order valence-electron chi connectivity index (χ1n) is 19.0. The summed E-state index contributed by atoms with van der Waals surface area (Å²) in [5, 5.41) is 58.2. The summed E-state index contributed by atoms with van der Waals surface area (Å²) in [6, 6.07) is -0.270. The van der Waals surface area contributed by atoms with Crippen molar-refractivity contribution in [1.82, 2.24) is 4.90 Å². The average molecular weight is 734 g/mol. The van der Waals surface area contributed by atoms with Crippen molar-refractivity contribution in [3.05, 3.63) is 0 Å². The molecule has 0 amide bonds. The van der Waals surface area contributed by atoms with Gasteiger partial charge in [-0.25, -0.2) is 0 Å². The van der Waals surface area contributed by atoms with Crippen LogP contribution in [0.3, 0.4) is 0 Å². The maximum atomic E-state index is 14.1. The van der Waals surface area contributed by atoms with Crippen LogP contribution in [0.15, 0.2) is 0 Å². The first kappa shape index (κ1) is 44.4. The molecule has 3 heterocycles. The topological polar surface area (TPSA) is 177 Å². The predicted molar refractivity (Wildman–Crippen MR) is 190 cm³/mol. The molecule has 0 radical (unpaired) electrons. The SMILES string of the molecule is CC[C@H]1OC(=O)[C@H](C)[C@@H](O[C@H]2C[C@@](C)(OC)[C@@H](O)[C@H](C)O2)[C@H](C)[C@@H](O[C@@H]2O[C@H](C)C[C@H](N(C)C)[C@H]2O)[C@](C)(O)C[C@@H](C)[C@H](C)[C@H](C)[C@@H](O)[C@]1(C)O. The standard InChI is InChI=1S/C38H71NO12/c1-15-27-38(11,45)31(41)22(5)21(4)19(2)17-36(9,44)33(51-35-29(40)26(39(12)13)16-20(3)47-35)23(6)30(24(7)34(43)49-27)50-28-18-37(10,46-14)32(42)25(8)48-28/h19-33,35,40-42,44-45H,15-18H2,1-14H3/t19-,20-,21+,22+,23+,24-,25+,26+,27-,28+,29-,30+,31-,32+,33-,35+,36-,37-,38-/m1/s1. The van der Waals surface area contributed by atoms with Gasteiger partial charge in [0.15, 0.2) is 12.6 Å². The predicted octanol–water partition coefficient (Wildman–Crippen LogP) is 2.85. The third-order valence-electron chi connectivity index (χ3n) is 12.7. The second-order valence-electron chi connectivity index (χ2n) is 17.1. The van der Waals surface area contributed by atoms with Crippen molar-refractivity contribution in [3.8, 4) is 0 Å². The fourth-order valence-corrected chi connectivity index (χ4v) is 8.76. The van der Waals surface area contributed by atoms with Crippen LogP contribution in [0.4, 0.5) is 0 Å². The summed E-state index contributed by atoms with van der Waals surface area (Å²) in [7, 11) is 5.28. The number of carbonyl (C=O) groups is 1. The minimum atomic E-state index is -1.77. The van der Waals surface area contributed by atoms with Crippen molar-refractivity contribution >= 4 is 5.97 Å². The molecule has 3 fully saturated rings. The van der Waals surface area contributed by atoms with E-state index in [1.807, 2.05) is 53.6 Å². The first-order valence-corrected chi connectivity index (χ1v) is 19.0. The van der Waals surface area contributed by atoms with Crippen LogP contribution in [0.25, 0.3) is 0 Å². The summed E-state index contributed by atoms with van der Waals surface area (Å²) in [5.41, 5.74) is -4.36. The molecule has 5 N–H and O–H groups in total. The van der Waals surface area contributed by atoms with E-state index < -0.39 is 95.8 Å². The second kappa shape index (κ2) is 17.2. The number of hydrogen-bond acceptors (Lipinski definition) is 13. The Bertz CT molecular complexity index is 1120. The molecular weight excluding hydrogens is 662 g/mol. The molecular formula is C38H71NO12. The summed E-state index contributed by atoms with van der Waals surface area (Å²) in [5.74, 6) is -3.22. The number of rotatable bonds is 7. The summed E-state index contributed by atoms with van der Waals surface area (Å²) < 4.78 is 37.5. The molecule has 3 aliphatic heterocycles. The number of hydrogen-bond donors (Lipinski definition) is 5. The highest BCUT2D eigenvalue weighted by atomic mass is 16.7. The largest absolute Gasteiger partial charge is 0.459 e. The van der Waals surface area contributed by atoms with Gasteiger partial charge in [-0.05, 0) is 92.7 Å². The van der Waals surface area contributed by atoms with E-state index in [2.05, 4.69) is 0 Å². The van der Waals surface area contributed by atoms with E-state index in [1.54, 1.807) is 34.6 Å². The van der Waals surface area contributed by atoms with Gasteiger partial charge in [0.1, 0.15) is 23.9 Å². The minimum Gasteiger partial charge on any atom is -0.459 e. The maximum absolute atomic E-state index is 14.1. The zero-order valence-corrected chi connectivity index (χ0v) is 33.6. The number of likely N-dealkylation sites (N-methyl/N-ethyl adjacent to an activating group) is 1. The fourth-order valence-electron chi connectivity index (χ4n) is 8.76. The number of aliphatic hydroxyl groups excluding tert-OH is 3. The molecule has 0 bridgehead atoms. The highest BCUT2D eigenvalue weighted by Crippen LogP contribution is 2.42. The lowest BCUT2D eigenvalue weighted by molar-refractivity contribution is -0.318. The highest BCUT2D eigenvalue weighted by molar-refractivity contribution is 5.73. The summed E-state index contributed by atoms with van der Waals surface area (Å²) in [4.78, 5) is 16.1. The molecule has 0 aromatic carbocycles. The van der Waals surface area contributed by atoms with E-state index in [9.17, 15) is 30.3 Å². The van der Waals surface area contributed by atoms with Crippen LogP contribution in [0.2, 0.25) is 0 Å². The maximum Gasteiger partial charge on any atom is 0.311 e. The van der Waals surface area contributed by atoms with Crippen molar-refractivity contribution in [2.24, 2.45) is 29.6 Å². The average Bonchev–Trinajstić information content (AvgIpc) is 3.05. The lowest BCUT2D eigenvalue weighted by Crippen LogP contribution is -2.61. The van der Waals surface area contributed by atoms with Gasteiger partial charge in [0.2, 0.25) is 0 Å². The Morgan fingerprint density at radius 3 is 2.02 bits per heavy atom. The number of cyclic esters (lactones) is 1. The number of carbonyl (C=O) groups excluding carboxylic acids is 1. The smallest absolute Gasteiger partial charge is 0.311 e. The Morgan fingerprint density at radius 2 is 1.47 bits per heavy atom. The molecule has 300 valence electrons. The van der Waals surface area contributed by atoms with Gasteiger partial charge in [-0.1, -0.05) is 34.6 Å². The molecule has 0 aromatic rings. The Hall–Kier alpha value is -0.970. The number of esters is 1. The summed E-state index contributed by atoms with van der Waals surface area (Å²) in [6.07, 6.45) is -8.09. The Balaban J connectivity index is 2.18. The second-order valence-corrected chi connectivity index (χ2v) is 17.1. The van der Waals surface area contributed by atoms with E-state index in [0.717, 1.165) is 0 Å². The van der Waals surface area contributed by atoms with Gasteiger partial charge in [-0.15, -0.1) is 0 Å². The van der Waals surface area contributed by atoms with Crippen LogP contribution in [0, 0.1) is 29.6 Å². The molecule has 19 atom stereocenters. The Labute approximate surface area is 306 Å². The number of ether oxygens (including phenoxy) is 6. The molecule has 13 heteroatoms. The van der Waals surface area contributed by atoms with Crippen LogP contribution in [-0.2, 0) is 33.2 Å². The molecule has 3 rings (SSSR count). The first-order chi connectivity index (χ1) is 23.4. The Morgan fingerprint density at radius 1 is 0.863 bits per heavy atom. The molecule has 13 nitrogen and oxygen atoms in total. The molecule has 0 spiro atoms. The quantitative estimate of drug-likeness (QED) is 0.242. The summed E-state index contributed by atoms with van der Waals surface area (Å²) >= 11 is 0. The van der Waals surface area contributed by atoms with Crippen LogP contribution < -0.4 is 0 Å². The van der Waals surface area contributed by atoms with Crippen LogP contribution >= 0.6 is 0 Å². The fraction of sp³-hybridized carbons (Fsp3) is 0.974. The zero-order chi connectivity index (χ0) is 39.0. The van der Waals surface area contributed by atoms with Crippen LogP contribution in [0.1, 0.15) is 102 Å². The van der Waals surface area contributed by atoms with Gasteiger partial charge < -0.3 is 58.9 Å². The van der Waals surface area contributed by atoms with E-state index in [4.69, 9.17) is 28.4 Å². The monoisotopic (exact) mass is 733 g/mol. The molecule has 3 saturated heterocycles. The van der Waals surface area contributed by atoms with Gasteiger partial charge in [-0.2, -0.15) is 0 Å². The molecule has 51 heavy (non-hydrogen) atoms. The molecule has 0 aromatic heterocycles. The van der Waals surface area contributed by atoms with Crippen molar-refractivity contribution in [2.45, 2.75) is 186 Å². The van der Waals surface area contributed by atoms with Crippen LogP contribution in [-0.4, -0.2) is 142 Å². The van der Waals surface area contributed by atoms with E-state index in [0.29, 0.717) is 6.42 Å². The third-order valence-corrected chi connectivity index (χ3v) is 12.7. The molecule has 3 aliphatic rings. The van der Waals surface area contributed by atoms with Crippen LogP contribution in [0.5, 0.6) is 0 Å². The van der Waals surface area contributed by atoms with Crippen molar-refractivity contribution < 1.29 is 58.7 Å². The molecule has 0 saturated carbocycles. The van der Waals surface area contributed by atoms with Crippen molar-refractivity contribution in [2.75, 3.05) is 21.2 Å². The highest BCUT2D eigenvalue weighted by Gasteiger charge is 2.53. The number of nitrogens with zero attached hydrogens (tertiary/aromatic N) is 1. The Kier molecular flexibility index (Phi) is 15.0. The van der Waals surface area contributed by atoms with Gasteiger partial charge in [0.25, 0.3) is 0 Å². The minimum absolute atomic E-state index is 0.138. The lowest BCUT2D eigenvalue weighted by atomic mass is 9.70. The van der Waals surface area contributed by atoms with Gasteiger partial charge in [0.05, 0.1) is 47.6 Å². The molecule has 0 aliphatic carbocycles. The van der Waals surface area contributed by atoms with E-state index in [1.165, 1.54) is 14.0 Å². The van der Waals surface area contributed by atoms with Crippen molar-refractivity contribution in [3.63, 3.8) is 0 Å². The van der Waals surface area contributed by atoms with Gasteiger partial charge in [-0.3, -0.25) is 4.79 Å². The number of methoxy groups -OCH3 is 1. The summed E-state index contributed by atoms with van der Waals surface area (Å²) in [6.45, 7) is 19.6. The zero-order valence-electron chi connectivity index (χ0n) is 33.6.